The van der Waals surface area contributed by atoms with Crippen molar-refractivity contribution in [1.82, 2.24) is 14.8 Å². The second kappa shape index (κ2) is 9.65. The molecular formula is C27H28N4O3. The van der Waals surface area contributed by atoms with Crippen LogP contribution >= 0.6 is 0 Å². The van der Waals surface area contributed by atoms with Gasteiger partial charge in [-0.05, 0) is 68.1 Å². The van der Waals surface area contributed by atoms with Gasteiger partial charge in [-0.1, -0.05) is 30.3 Å². The first-order valence-electron chi connectivity index (χ1n) is 11.7. The predicted octanol–water partition coefficient (Wildman–Crippen LogP) is 5.16. The standard InChI is InChI=1S/C27H28N4O3/c1-3-34-27(32)24-17-23(19-9-11-20(12-10-19)28-21-13-15-33-16-14-21)25-18(2)30-31(26(25)29-24)22-7-5-4-6-8-22/h4-12,17,21,28H,3,13-16H2,1-2H3. The fourth-order valence-electron chi connectivity index (χ4n) is 4.40. The van der Waals surface area contributed by atoms with Gasteiger partial charge in [-0.2, -0.15) is 5.10 Å². The van der Waals surface area contributed by atoms with E-state index in [9.17, 15) is 4.79 Å². The number of anilines is 1. The molecule has 1 aliphatic rings. The van der Waals surface area contributed by atoms with Crippen LogP contribution < -0.4 is 5.32 Å². The van der Waals surface area contributed by atoms with Crippen LogP contribution in [-0.4, -0.2) is 46.6 Å². The summed E-state index contributed by atoms with van der Waals surface area (Å²) in [6, 6.07) is 20.4. The second-order valence-corrected chi connectivity index (χ2v) is 8.42. The first-order valence-corrected chi connectivity index (χ1v) is 11.7. The molecule has 7 nitrogen and oxygen atoms in total. The Labute approximate surface area is 198 Å². The fraction of sp³-hybridized carbons (Fsp3) is 0.296. The summed E-state index contributed by atoms with van der Waals surface area (Å²) in [5, 5.41) is 9.28. The minimum absolute atomic E-state index is 0.269. The molecule has 1 saturated heterocycles. The van der Waals surface area contributed by atoms with E-state index in [2.05, 4.69) is 34.6 Å². The number of hydrogen-bond acceptors (Lipinski definition) is 6. The van der Waals surface area contributed by atoms with Crippen LogP contribution in [0.15, 0.2) is 60.7 Å². The van der Waals surface area contributed by atoms with E-state index in [1.165, 1.54) is 0 Å². The van der Waals surface area contributed by atoms with Crippen molar-refractivity contribution in [2.75, 3.05) is 25.1 Å². The van der Waals surface area contributed by atoms with Gasteiger partial charge in [0.05, 0.1) is 23.4 Å². The lowest BCUT2D eigenvalue weighted by atomic mass is 10.0. The van der Waals surface area contributed by atoms with E-state index >= 15 is 0 Å². The number of nitrogens with zero attached hydrogens (tertiary/aromatic N) is 3. The average Bonchev–Trinajstić information content (AvgIpc) is 3.22. The van der Waals surface area contributed by atoms with Crippen LogP contribution in [0.2, 0.25) is 0 Å². The van der Waals surface area contributed by atoms with Crippen molar-refractivity contribution in [2.24, 2.45) is 0 Å². The molecule has 0 unspecified atom stereocenters. The number of pyridine rings is 1. The Hall–Kier alpha value is -3.71. The van der Waals surface area contributed by atoms with Gasteiger partial charge >= 0.3 is 5.97 Å². The number of rotatable bonds is 6. The Bertz CT molecular complexity index is 1290. The first-order chi connectivity index (χ1) is 16.6. The number of fused-ring (bicyclic) bond motifs is 1. The average molecular weight is 457 g/mol. The highest BCUT2D eigenvalue weighted by Crippen LogP contribution is 2.33. The minimum atomic E-state index is -0.443. The van der Waals surface area contributed by atoms with Crippen LogP contribution in [0.1, 0.15) is 35.9 Å². The van der Waals surface area contributed by atoms with E-state index in [0.29, 0.717) is 11.7 Å². The van der Waals surface area contributed by atoms with Crippen LogP contribution in [0.3, 0.4) is 0 Å². The lowest BCUT2D eigenvalue weighted by Crippen LogP contribution is -2.27. The number of nitrogens with one attached hydrogen (secondary N) is 1. The Morgan fingerprint density at radius 1 is 1.12 bits per heavy atom. The van der Waals surface area contributed by atoms with Crippen LogP contribution in [0.4, 0.5) is 5.69 Å². The molecule has 1 N–H and O–H groups in total. The van der Waals surface area contributed by atoms with E-state index in [0.717, 1.165) is 59.6 Å². The van der Waals surface area contributed by atoms with Crippen molar-refractivity contribution in [3.05, 3.63) is 72.1 Å². The Morgan fingerprint density at radius 3 is 2.56 bits per heavy atom. The monoisotopic (exact) mass is 456 g/mol. The van der Waals surface area contributed by atoms with E-state index in [-0.39, 0.29) is 12.3 Å². The summed E-state index contributed by atoms with van der Waals surface area (Å²) in [4.78, 5) is 17.3. The molecule has 0 spiro atoms. The predicted molar refractivity (Wildman–Crippen MR) is 132 cm³/mol. The third kappa shape index (κ3) is 4.39. The number of hydrogen-bond donors (Lipinski definition) is 1. The third-order valence-corrected chi connectivity index (χ3v) is 6.09. The van der Waals surface area contributed by atoms with Gasteiger partial charge in [-0.3, -0.25) is 0 Å². The van der Waals surface area contributed by atoms with Gasteiger partial charge in [0.2, 0.25) is 0 Å². The van der Waals surface area contributed by atoms with Crippen molar-refractivity contribution in [3.63, 3.8) is 0 Å². The molecule has 34 heavy (non-hydrogen) atoms. The highest BCUT2D eigenvalue weighted by atomic mass is 16.5. The molecule has 0 amide bonds. The molecule has 0 saturated carbocycles. The zero-order chi connectivity index (χ0) is 23.5. The number of carbonyl (C=O) groups excluding carboxylic acids is 1. The molecule has 1 fully saturated rings. The van der Waals surface area contributed by atoms with Gasteiger partial charge in [0, 0.05) is 24.9 Å². The van der Waals surface area contributed by atoms with Gasteiger partial charge in [-0.15, -0.1) is 0 Å². The summed E-state index contributed by atoms with van der Waals surface area (Å²) >= 11 is 0. The lowest BCUT2D eigenvalue weighted by molar-refractivity contribution is 0.0520. The van der Waals surface area contributed by atoms with Crippen LogP contribution in [-0.2, 0) is 9.47 Å². The van der Waals surface area contributed by atoms with Gasteiger partial charge in [0.15, 0.2) is 11.3 Å². The number of aromatic nitrogens is 3. The topological polar surface area (TPSA) is 78.3 Å². The highest BCUT2D eigenvalue weighted by Gasteiger charge is 2.21. The summed E-state index contributed by atoms with van der Waals surface area (Å²) in [6.07, 6.45) is 2.01. The molecule has 2 aromatic carbocycles. The smallest absolute Gasteiger partial charge is 0.357 e. The van der Waals surface area contributed by atoms with Gasteiger partial charge in [-0.25, -0.2) is 14.5 Å². The molecule has 4 aromatic rings. The number of carbonyl (C=O) groups is 1. The third-order valence-electron chi connectivity index (χ3n) is 6.09. The quantitative estimate of drug-likeness (QED) is 0.404. The largest absolute Gasteiger partial charge is 0.461 e. The first kappa shape index (κ1) is 22.1. The molecular weight excluding hydrogens is 428 g/mol. The van der Waals surface area contributed by atoms with E-state index in [1.54, 1.807) is 11.6 Å². The number of aryl methyl sites for hydroxylation is 1. The molecule has 0 radical (unpaired) electrons. The zero-order valence-electron chi connectivity index (χ0n) is 19.5. The maximum Gasteiger partial charge on any atom is 0.357 e. The van der Waals surface area contributed by atoms with Crippen molar-refractivity contribution < 1.29 is 14.3 Å². The normalized spacial score (nSPS) is 14.3. The SMILES string of the molecule is CCOC(=O)c1cc(-c2ccc(NC3CCOCC3)cc2)c2c(C)nn(-c3ccccc3)c2n1. The van der Waals surface area contributed by atoms with Crippen molar-refractivity contribution in [3.8, 4) is 16.8 Å². The van der Waals surface area contributed by atoms with E-state index in [1.807, 2.05) is 43.3 Å². The summed E-state index contributed by atoms with van der Waals surface area (Å²) in [5.74, 6) is -0.443. The van der Waals surface area contributed by atoms with Crippen molar-refractivity contribution in [1.29, 1.82) is 0 Å². The molecule has 3 heterocycles. The molecule has 5 rings (SSSR count). The molecule has 0 atom stereocenters. The number of esters is 1. The van der Waals surface area contributed by atoms with Crippen LogP contribution in [0.5, 0.6) is 0 Å². The molecule has 0 aliphatic carbocycles. The maximum atomic E-state index is 12.7. The summed E-state index contributed by atoms with van der Waals surface area (Å²) in [7, 11) is 0. The summed E-state index contributed by atoms with van der Waals surface area (Å²) < 4.78 is 12.5. The Balaban J connectivity index is 1.59. The van der Waals surface area contributed by atoms with Crippen molar-refractivity contribution in [2.45, 2.75) is 32.7 Å². The lowest BCUT2D eigenvalue weighted by Gasteiger charge is -2.24. The molecule has 0 bridgehead atoms. The number of benzene rings is 2. The Morgan fingerprint density at radius 2 is 1.85 bits per heavy atom. The second-order valence-electron chi connectivity index (χ2n) is 8.42. The molecule has 1 aliphatic heterocycles. The van der Waals surface area contributed by atoms with Gasteiger partial charge in [0.25, 0.3) is 0 Å². The van der Waals surface area contributed by atoms with Gasteiger partial charge in [0.1, 0.15) is 0 Å². The molecule has 7 heteroatoms. The summed E-state index contributed by atoms with van der Waals surface area (Å²) in [5.41, 5.74) is 5.61. The number of para-hydroxylation sites is 1. The van der Waals surface area contributed by atoms with Crippen LogP contribution in [0, 0.1) is 6.92 Å². The van der Waals surface area contributed by atoms with E-state index in [4.69, 9.17) is 14.6 Å². The maximum absolute atomic E-state index is 12.7. The minimum Gasteiger partial charge on any atom is -0.461 e. The molecule has 2 aromatic heterocycles. The zero-order valence-corrected chi connectivity index (χ0v) is 19.5. The molecule has 174 valence electrons. The highest BCUT2D eigenvalue weighted by molar-refractivity contribution is 6.00. The van der Waals surface area contributed by atoms with Crippen molar-refractivity contribution >= 4 is 22.7 Å². The van der Waals surface area contributed by atoms with Gasteiger partial charge < -0.3 is 14.8 Å². The Kier molecular flexibility index (Phi) is 6.27. The van der Waals surface area contributed by atoms with E-state index < -0.39 is 5.97 Å². The summed E-state index contributed by atoms with van der Waals surface area (Å²) in [6.45, 7) is 5.65. The fourth-order valence-corrected chi connectivity index (χ4v) is 4.40. The number of ether oxygens (including phenoxy) is 2. The van der Waals surface area contributed by atoms with Crippen LogP contribution in [0.25, 0.3) is 27.8 Å².